The quantitative estimate of drug-likeness (QED) is 0.196. The minimum atomic E-state index is -0.451. The molecule has 0 saturated heterocycles. The summed E-state index contributed by atoms with van der Waals surface area (Å²) in [5.74, 6) is 0.749. The van der Waals surface area contributed by atoms with Crippen molar-refractivity contribution in [1.29, 1.82) is 0 Å². The average Bonchev–Trinajstić information content (AvgIpc) is 3.75. The number of aromatic nitrogens is 4. The molecular formula is C43H26N4O. The molecule has 0 aliphatic heterocycles. The number of para-hydroxylation sites is 2. The van der Waals surface area contributed by atoms with Crippen LogP contribution in [0.25, 0.3) is 94.4 Å². The molecule has 10 rings (SSSR count). The Balaban J connectivity index is 1.40. The van der Waals surface area contributed by atoms with Crippen molar-refractivity contribution in [2.75, 3.05) is 0 Å². The van der Waals surface area contributed by atoms with Gasteiger partial charge in [0.1, 0.15) is 5.58 Å². The largest absolute Gasteiger partial charge is 0.454 e. The van der Waals surface area contributed by atoms with Gasteiger partial charge < -0.3 is 8.98 Å². The summed E-state index contributed by atoms with van der Waals surface area (Å²) < 4.78 is 63.2. The van der Waals surface area contributed by atoms with Gasteiger partial charge in [-0.1, -0.05) is 121 Å². The van der Waals surface area contributed by atoms with E-state index >= 15 is 0 Å². The molecule has 0 N–H and O–H groups in total. The lowest BCUT2D eigenvalue weighted by molar-refractivity contribution is 0.666. The SMILES string of the molecule is [2H]c1c([2H])c([2H])c2c(oc3c(-n4c5ccccc5c5cc6ccccc6cc54)c([2H])c([2H])c(-c4nc(-c5ccccc5)nc(-c5ccccc5)n4)c32)c1[2H]. The van der Waals surface area contributed by atoms with Crippen molar-refractivity contribution >= 4 is 54.5 Å². The van der Waals surface area contributed by atoms with E-state index in [1.807, 2.05) is 108 Å². The van der Waals surface area contributed by atoms with Gasteiger partial charge in [0, 0.05) is 38.2 Å². The topological polar surface area (TPSA) is 56.7 Å². The molecule has 0 spiro atoms. The summed E-state index contributed by atoms with van der Waals surface area (Å²) >= 11 is 0. The standard InChI is InChI=1S/C43H26N4O/c1-3-13-27(14-4-1)41-44-42(28-15-5-2-6-16-28)46-43(45-41)33-23-24-36(40-39(33)32-20-10-12-22-38(32)48-40)47-35-21-11-9-19-31(35)34-25-29-17-7-8-18-30(29)26-37(34)47/h1-26H/i10D,12D,20D,22D,23D,24D. The van der Waals surface area contributed by atoms with Crippen molar-refractivity contribution in [1.82, 2.24) is 19.5 Å². The second-order valence-electron chi connectivity index (χ2n) is 11.6. The number of hydrogen-bond acceptors (Lipinski definition) is 4. The Morgan fingerprint density at radius 1 is 0.521 bits per heavy atom. The fourth-order valence-corrected chi connectivity index (χ4v) is 6.61. The molecule has 0 radical (unpaired) electrons. The Hall–Kier alpha value is -6.59. The molecule has 5 heteroatoms. The van der Waals surface area contributed by atoms with Gasteiger partial charge in [-0.25, -0.2) is 15.0 Å². The normalized spacial score (nSPS) is 13.5. The lowest BCUT2D eigenvalue weighted by atomic mass is 10.0. The first-order valence-electron chi connectivity index (χ1n) is 18.6. The van der Waals surface area contributed by atoms with Crippen molar-refractivity contribution in [2.45, 2.75) is 0 Å². The van der Waals surface area contributed by atoms with E-state index in [-0.39, 0.29) is 63.2 Å². The van der Waals surface area contributed by atoms with Crippen LogP contribution in [0.1, 0.15) is 8.22 Å². The lowest BCUT2D eigenvalue weighted by Gasteiger charge is -2.12. The minimum Gasteiger partial charge on any atom is -0.454 e. The summed E-state index contributed by atoms with van der Waals surface area (Å²) in [5, 5.41) is 4.19. The lowest BCUT2D eigenvalue weighted by Crippen LogP contribution is -2.01. The van der Waals surface area contributed by atoms with Gasteiger partial charge in [0.05, 0.1) is 24.9 Å². The smallest absolute Gasteiger partial charge is 0.164 e. The van der Waals surface area contributed by atoms with Crippen molar-refractivity contribution in [2.24, 2.45) is 0 Å². The maximum absolute atomic E-state index is 9.75. The second kappa shape index (κ2) is 10.5. The van der Waals surface area contributed by atoms with E-state index in [4.69, 9.17) is 24.9 Å². The van der Waals surface area contributed by atoms with E-state index in [1.165, 1.54) is 0 Å². The zero-order valence-electron chi connectivity index (χ0n) is 31.2. The Morgan fingerprint density at radius 2 is 1.15 bits per heavy atom. The maximum Gasteiger partial charge on any atom is 0.164 e. The van der Waals surface area contributed by atoms with Crippen molar-refractivity contribution < 1.29 is 12.6 Å². The molecule has 0 unspecified atom stereocenters. The van der Waals surface area contributed by atoms with Crippen LogP contribution in [0.3, 0.4) is 0 Å². The summed E-state index contributed by atoms with van der Waals surface area (Å²) in [4.78, 5) is 14.6. The summed E-state index contributed by atoms with van der Waals surface area (Å²) in [6, 6.07) is 36.8. The number of benzene rings is 7. The Bertz CT molecular complexity index is 3120. The third kappa shape index (κ3) is 4.08. The number of hydrogen-bond donors (Lipinski definition) is 0. The predicted molar refractivity (Wildman–Crippen MR) is 195 cm³/mol. The molecule has 0 bridgehead atoms. The van der Waals surface area contributed by atoms with E-state index < -0.39 is 12.1 Å². The molecular weight excluding hydrogens is 589 g/mol. The molecule has 10 aromatic rings. The highest BCUT2D eigenvalue weighted by Crippen LogP contribution is 2.42. The summed E-state index contributed by atoms with van der Waals surface area (Å²) in [5.41, 5.74) is 3.32. The fourth-order valence-electron chi connectivity index (χ4n) is 6.61. The van der Waals surface area contributed by atoms with Gasteiger partial charge in [0.15, 0.2) is 23.1 Å². The van der Waals surface area contributed by atoms with Crippen LogP contribution >= 0.6 is 0 Å². The van der Waals surface area contributed by atoms with Crippen LogP contribution in [-0.4, -0.2) is 19.5 Å². The zero-order valence-corrected chi connectivity index (χ0v) is 25.2. The van der Waals surface area contributed by atoms with Crippen LogP contribution in [-0.2, 0) is 0 Å². The van der Waals surface area contributed by atoms with Gasteiger partial charge in [-0.15, -0.1) is 0 Å². The van der Waals surface area contributed by atoms with Gasteiger partial charge in [-0.05, 0) is 47.1 Å². The molecule has 48 heavy (non-hydrogen) atoms. The molecule has 0 saturated carbocycles. The van der Waals surface area contributed by atoms with E-state index in [2.05, 4.69) is 18.2 Å². The first kappa shape index (κ1) is 21.3. The molecule has 0 aliphatic carbocycles. The number of rotatable bonds is 4. The molecule has 0 amide bonds. The average molecular weight is 621 g/mol. The third-order valence-corrected chi connectivity index (χ3v) is 8.79. The van der Waals surface area contributed by atoms with Crippen LogP contribution < -0.4 is 0 Å². The summed E-state index contributed by atoms with van der Waals surface area (Å²) in [6.07, 6.45) is 0. The first-order chi connectivity index (χ1) is 26.3. The summed E-state index contributed by atoms with van der Waals surface area (Å²) in [6.45, 7) is 0. The van der Waals surface area contributed by atoms with Crippen molar-refractivity contribution in [3.63, 3.8) is 0 Å². The zero-order chi connectivity index (χ0) is 36.8. The Kier molecular flexibility index (Phi) is 4.64. The minimum absolute atomic E-state index is 0.0704. The monoisotopic (exact) mass is 620 g/mol. The number of fused-ring (bicyclic) bond motifs is 7. The molecule has 0 atom stereocenters. The fraction of sp³-hybridized carbons (Fsp3) is 0. The van der Waals surface area contributed by atoms with E-state index in [9.17, 15) is 2.74 Å². The van der Waals surface area contributed by atoms with Crippen LogP contribution in [0.2, 0.25) is 0 Å². The van der Waals surface area contributed by atoms with Crippen LogP contribution in [0.15, 0.2) is 162 Å². The number of nitrogens with zero attached hydrogens (tertiary/aromatic N) is 4. The van der Waals surface area contributed by atoms with Crippen LogP contribution in [0, 0.1) is 0 Å². The molecule has 7 aromatic carbocycles. The molecule has 0 aliphatic rings. The van der Waals surface area contributed by atoms with Gasteiger partial charge in [-0.3, -0.25) is 0 Å². The van der Waals surface area contributed by atoms with Crippen LogP contribution in [0.5, 0.6) is 0 Å². The molecule has 224 valence electrons. The van der Waals surface area contributed by atoms with E-state index in [0.29, 0.717) is 22.8 Å². The van der Waals surface area contributed by atoms with Crippen molar-refractivity contribution in [3.05, 3.63) is 158 Å². The molecule has 0 fully saturated rings. The molecule has 3 aromatic heterocycles. The first-order valence-corrected chi connectivity index (χ1v) is 15.6. The van der Waals surface area contributed by atoms with Gasteiger partial charge >= 0.3 is 0 Å². The van der Waals surface area contributed by atoms with Crippen LogP contribution in [0.4, 0.5) is 0 Å². The second-order valence-corrected chi connectivity index (χ2v) is 11.6. The maximum atomic E-state index is 9.75. The van der Waals surface area contributed by atoms with E-state index in [1.54, 1.807) is 0 Å². The summed E-state index contributed by atoms with van der Waals surface area (Å²) in [7, 11) is 0. The van der Waals surface area contributed by atoms with Crippen molar-refractivity contribution in [3.8, 4) is 39.9 Å². The Morgan fingerprint density at radius 3 is 1.90 bits per heavy atom. The van der Waals surface area contributed by atoms with Gasteiger partial charge in [0.25, 0.3) is 0 Å². The molecule has 5 nitrogen and oxygen atoms in total. The number of furan rings is 1. The highest BCUT2D eigenvalue weighted by atomic mass is 16.3. The predicted octanol–water partition coefficient (Wildman–Crippen LogP) is 11.0. The van der Waals surface area contributed by atoms with Gasteiger partial charge in [-0.2, -0.15) is 0 Å². The van der Waals surface area contributed by atoms with Gasteiger partial charge in [0.2, 0.25) is 0 Å². The van der Waals surface area contributed by atoms with E-state index in [0.717, 1.165) is 32.6 Å². The highest BCUT2D eigenvalue weighted by Gasteiger charge is 2.23. The molecule has 3 heterocycles. The third-order valence-electron chi connectivity index (χ3n) is 8.79. The Labute approximate surface area is 283 Å². The highest BCUT2D eigenvalue weighted by molar-refractivity contribution is 6.17.